The molecular weight excluding hydrogens is 364 g/mol. The van der Waals surface area contributed by atoms with Gasteiger partial charge in [-0.15, -0.1) is 5.92 Å². The Morgan fingerprint density at radius 1 is 1.18 bits per heavy atom. The third-order valence-corrected chi connectivity index (χ3v) is 3.98. The Bertz CT molecular complexity index is 584. The normalized spacial score (nSPS) is 18.1. The molecule has 152 valence electrons. The van der Waals surface area contributed by atoms with Crippen LogP contribution in [0, 0.1) is 31.8 Å². The van der Waals surface area contributed by atoms with Crippen LogP contribution in [-0.4, -0.2) is 39.1 Å². The molecule has 0 amide bonds. The van der Waals surface area contributed by atoms with Crippen molar-refractivity contribution in [3.63, 3.8) is 0 Å². The molecule has 0 bridgehead atoms. The molecule has 3 nitrogen and oxygen atoms in total. The van der Waals surface area contributed by atoms with E-state index in [1.807, 2.05) is 0 Å². The molecule has 0 N–H and O–H groups in total. The van der Waals surface area contributed by atoms with Gasteiger partial charge in [-0.2, -0.15) is 50.3 Å². The molecule has 1 aliphatic rings. The Kier molecular flexibility index (Phi) is 13.6. The van der Waals surface area contributed by atoms with Gasteiger partial charge in [-0.1, -0.05) is 17.0 Å². The van der Waals surface area contributed by atoms with Gasteiger partial charge in [0, 0.05) is 20.3 Å². The zero-order valence-electron chi connectivity index (χ0n) is 16.8. The minimum atomic E-state index is -4.35. The van der Waals surface area contributed by atoms with Gasteiger partial charge in [-0.25, -0.2) is 0 Å². The number of hydrogen-bond acceptors (Lipinski definition) is 3. The fraction of sp³-hybridized carbons (Fsp3) is 0.524. The molecule has 1 aliphatic carbocycles. The Morgan fingerprint density at radius 2 is 1.82 bits per heavy atom. The third kappa shape index (κ3) is 10.0. The molecule has 0 spiro atoms. The zero-order valence-corrected chi connectivity index (χ0v) is 16.8. The summed E-state index contributed by atoms with van der Waals surface area (Å²) in [5.41, 5.74) is -0.306. The number of ether oxygens (including phenoxy) is 3. The fourth-order valence-corrected chi connectivity index (χ4v) is 2.26. The van der Waals surface area contributed by atoms with Gasteiger partial charge < -0.3 is 28.1 Å². The van der Waals surface area contributed by atoms with Crippen molar-refractivity contribution < 1.29 is 46.2 Å². The van der Waals surface area contributed by atoms with E-state index in [9.17, 15) is 13.2 Å². The summed E-state index contributed by atoms with van der Waals surface area (Å²) >= 11 is 0. The summed E-state index contributed by atoms with van der Waals surface area (Å²) < 4.78 is 52.0. The van der Waals surface area contributed by atoms with Crippen LogP contribution < -0.4 is 18.9 Å². The molecule has 0 aliphatic heterocycles. The van der Waals surface area contributed by atoms with Crippen molar-refractivity contribution in [3.8, 4) is 11.8 Å². The van der Waals surface area contributed by atoms with Gasteiger partial charge in [-0.05, 0) is 12.8 Å². The standard InChI is InChI=1S/C11H8F3O.C10H18O2.Li/c1-15-8-2-3-9-4-6-10(7-5-9)11(12,13)14;1-4-8(5-2)12-10-6-9(7-10)11-3;/h4-6H,8H2,1H3;8-10H,1-2,4-7H2,3H3;/q-1;-2;+1. The molecule has 0 unspecified atom stereocenters. The van der Waals surface area contributed by atoms with Crippen LogP contribution in [-0.2, 0) is 20.4 Å². The van der Waals surface area contributed by atoms with Crippen molar-refractivity contribution in [2.24, 2.45) is 0 Å². The molecule has 0 heterocycles. The summed E-state index contributed by atoms with van der Waals surface area (Å²) in [6.07, 6.45) is 0.412. The second-order valence-electron chi connectivity index (χ2n) is 6.01. The maximum Gasteiger partial charge on any atom is 1.00 e. The number of benzene rings is 1. The maximum atomic E-state index is 12.1. The summed E-state index contributed by atoms with van der Waals surface area (Å²) in [6, 6.07) is 5.61. The number of methoxy groups -OCH3 is 2. The summed E-state index contributed by atoms with van der Waals surface area (Å²) in [5.74, 6) is 5.29. The van der Waals surface area contributed by atoms with E-state index in [0.717, 1.165) is 31.7 Å². The molecule has 1 aromatic carbocycles. The first-order valence-electron chi connectivity index (χ1n) is 8.67. The van der Waals surface area contributed by atoms with Crippen LogP contribution in [0.25, 0.3) is 0 Å². The Morgan fingerprint density at radius 3 is 2.25 bits per heavy atom. The van der Waals surface area contributed by atoms with Gasteiger partial charge in [-0.3, -0.25) is 0 Å². The minimum absolute atomic E-state index is 0. The minimum Gasteiger partial charge on any atom is -0.381 e. The molecule has 0 atom stereocenters. The van der Waals surface area contributed by atoms with Gasteiger partial charge in [0.25, 0.3) is 0 Å². The average molecular weight is 390 g/mol. The number of alkyl halides is 3. The zero-order chi connectivity index (χ0) is 20.3. The van der Waals surface area contributed by atoms with Crippen LogP contribution in [0.5, 0.6) is 0 Å². The van der Waals surface area contributed by atoms with E-state index in [-0.39, 0.29) is 31.6 Å². The average Bonchev–Trinajstić information content (AvgIpc) is 2.61. The van der Waals surface area contributed by atoms with E-state index >= 15 is 0 Å². The molecule has 1 saturated carbocycles. The summed E-state index contributed by atoms with van der Waals surface area (Å²) in [5, 5.41) is 0. The van der Waals surface area contributed by atoms with E-state index in [1.165, 1.54) is 19.2 Å². The SMILES string of the molecule is COCC#Cc1c[c-]c(C(F)(F)F)cc1.[CH2-]CC(C[CH2-])OC1CC(OC)C1.[Li+]. The van der Waals surface area contributed by atoms with Gasteiger partial charge in [0.15, 0.2) is 0 Å². The van der Waals surface area contributed by atoms with Crippen molar-refractivity contribution in [1.29, 1.82) is 0 Å². The predicted molar refractivity (Wildman–Crippen MR) is 97.7 cm³/mol. The molecule has 1 aromatic rings. The molecule has 1 fully saturated rings. The molecule has 0 radical (unpaired) electrons. The van der Waals surface area contributed by atoms with E-state index in [0.29, 0.717) is 17.8 Å². The van der Waals surface area contributed by atoms with E-state index in [1.54, 1.807) is 7.11 Å². The molecule has 2 rings (SSSR count). The van der Waals surface area contributed by atoms with Crippen molar-refractivity contribution in [2.45, 2.75) is 50.2 Å². The molecule has 28 heavy (non-hydrogen) atoms. The van der Waals surface area contributed by atoms with E-state index < -0.39 is 11.7 Å². The van der Waals surface area contributed by atoms with Gasteiger partial charge in [0.1, 0.15) is 6.61 Å². The first kappa shape index (κ1) is 27.0. The smallest absolute Gasteiger partial charge is 0.381 e. The molecular formula is C21H26F3LiO3-2. The number of rotatable bonds is 6. The summed E-state index contributed by atoms with van der Waals surface area (Å²) in [4.78, 5) is 0. The van der Waals surface area contributed by atoms with Crippen LogP contribution >= 0.6 is 0 Å². The Balaban J connectivity index is 0.000000514. The van der Waals surface area contributed by atoms with Crippen molar-refractivity contribution in [1.82, 2.24) is 0 Å². The number of halogens is 3. The van der Waals surface area contributed by atoms with Crippen LogP contribution in [0.2, 0.25) is 0 Å². The topological polar surface area (TPSA) is 27.7 Å². The fourth-order valence-electron chi connectivity index (χ4n) is 2.26. The Labute approximate surface area is 178 Å². The largest absolute Gasteiger partial charge is 1.00 e. The molecule has 0 aromatic heterocycles. The second-order valence-corrected chi connectivity index (χ2v) is 6.01. The predicted octanol–water partition coefficient (Wildman–Crippen LogP) is 1.50. The van der Waals surface area contributed by atoms with E-state index in [4.69, 9.17) is 9.47 Å². The van der Waals surface area contributed by atoms with Gasteiger partial charge in [0.2, 0.25) is 0 Å². The van der Waals surface area contributed by atoms with Crippen LogP contribution in [0.3, 0.4) is 0 Å². The van der Waals surface area contributed by atoms with Crippen molar-refractivity contribution >= 4 is 0 Å². The number of hydrogen-bond donors (Lipinski definition) is 0. The Hall–Kier alpha value is -0.953. The van der Waals surface area contributed by atoms with Crippen LogP contribution in [0.4, 0.5) is 13.2 Å². The maximum absolute atomic E-state index is 12.1. The first-order valence-corrected chi connectivity index (χ1v) is 8.67. The first-order chi connectivity index (χ1) is 12.8. The van der Waals surface area contributed by atoms with Gasteiger partial charge >= 0.3 is 25.0 Å². The monoisotopic (exact) mass is 390 g/mol. The summed E-state index contributed by atoms with van der Waals surface area (Å²) in [6.45, 7) is 7.87. The van der Waals surface area contributed by atoms with Crippen LogP contribution in [0.1, 0.15) is 36.8 Å². The summed E-state index contributed by atoms with van der Waals surface area (Å²) in [7, 11) is 3.24. The van der Waals surface area contributed by atoms with Crippen LogP contribution in [0.15, 0.2) is 18.2 Å². The molecule has 7 heteroatoms. The van der Waals surface area contributed by atoms with Gasteiger partial charge in [0.05, 0.1) is 12.2 Å². The van der Waals surface area contributed by atoms with E-state index in [2.05, 4.69) is 36.5 Å². The quantitative estimate of drug-likeness (QED) is 0.419. The van der Waals surface area contributed by atoms with Crippen molar-refractivity contribution in [3.05, 3.63) is 49.2 Å². The van der Waals surface area contributed by atoms with Crippen molar-refractivity contribution in [2.75, 3.05) is 20.8 Å². The molecule has 0 saturated heterocycles. The third-order valence-electron chi connectivity index (χ3n) is 3.98. The second kappa shape index (κ2) is 14.1.